The Labute approximate surface area is 151 Å². The van der Waals surface area contributed by atoms with Crippen molar-refractivity contribution in [1.29, 1.82) is 0 Å². The lowest BCUT2D eigenvalue weighted by Crippen LogP contribution is -2.30. The Hall–Kier alpha value is -2.83. The topological polar surface area (TPSA) is 106 Å². The highest BCUT2D eigenvalue weighted by molar-refractivity contribution is 5.85. The minimum atomic E-state index is -0.981. The van der Waals surface area contributed by atoms with Gasteiger partial charge in [0, 0.05) is 23.6 Å². The Morgan fingerprint density at radius 2 is 2.08 bits per heavy atom. The van der Waals surface area contributed by atoms with E-state index in [4.69, 9.17) is 14.3 Å². The van der Waals surface area contributed by atoms with Crippen molar-refractivity contribution in [3.63, 3.8) is 0 Å². The van der Waals surface area contributed by atoms with Crippen LogP contribution in [0.15, 0.2) is 27.4 Å². The van der Waals surface area contributed by atoms with Crippen LogP contribution in [-0.4, -0.2) is 30.1 Å². The maximum Gasteiger partial charge on any atom is 0.336 e. The lowest BCUT2D eigenvalue weighted by Gasteiger charge is -2.12. The third-order valence-electron chi connectivity index (χ3n) is 4.02. The smallest absolute Gasteiger partial charge is 0.336 e. The van der Waals surface area contributed by atoms with Crippen molar-refractivity contribution in [2.24, 2.45) is 0 Å². The quantitative estimate of drug-likeness (QED) is 0.665. The van der Waals surface area contributed by atoms with Gasteiger partial charge >= 0.3 is 11.6 Å². The number of carbonyl (C=O) groups is 2. The number of benzene rings is 1. The number of ether oxygens (including phenoxy) is 1. The summed E-state index contributed by atoms with van der Waals surface area (Å²) in [5.74, 6) is -0.948. The van der Waals surface area contributed by atoms with Gasteiger partial charge in [-0.25, -0.2) is 4.79 Å². The zero-order chi connectivity index (χ0) is 19.1. The number of aryl methyl sites for hydroxylation is 2. The van der Waals surface area contributed by atoms with E-state index in [1.165, 1.54) is 6.07 Å². The van der Waals surface area contributed by atoms with Crippen LogP contribution in [0.2, 0.25) is 0 Å². The minimum Gasteiger partial charge on any atom is -0.483 e. The number of amides is 1. The Morgan fingerprint density at radius 3 is 2.77 bits per heavy atom. The van der Waals surface area contributed by atoms with Gasteiger partial charge in [0.25, 0.3) is 5.91 Å². The third-order valence-corrected chi connectivity index (χ3v) is 4.02. The molecule has 0 saturated heterocycles. The molecular formula is C19H23NO6. The number of carbonyl (C=O) groups excluding carboxylic acids is 1. The average molecular weight is 361 g/mol. The molecule has 1 heterocycles. The minimum absolute atomic E-state index is 0.0455. The normalized spacial score (nSPS) is 10.7. The fourth-order valence-electron chi connectivity index (χ4n) is 2.64. The summed E-state index contributed by atoms with van der Waals surface area (Å²) in [4.78, 5) is 34.0. The second kappa shape index (κ2) is 9.03. The summed E-state index contributed by atoms with van der Waals surface area (Å²) in [6.45, 7) is 3.66. The highest BCUT2D eigenvalue weighted by Crippen LogP contribution is 2.29. The van der Waals surface area contributed by atoms with Crippen LogP contribution >= 0.6 is 0 Å². The molecule has 7 nitrogen and oxygen atoms in total. The number of aliphatic carboxylic acids is 1. The average Bonchev–Trinajstić information content (AvgIpc) is 2.59. The summed E-state index contributed by atoms with van der Waals surface area (Å²) in [6.07, 6.45) is 2.65. The molecule has 0 spiro atoms. The van der Waals surface area contributed by atoms with Crippen molar-refractivity contribution in [2.75, 3.05) is 13.2 Å². The summed E-state index contributed by atoms with van der Waals surface area (Å²) in [7, 11) is 0. The fraction of sp³-hybridized carbons (Fsp3) is 0.421. The highest BCUT2D eigenvalue weighted by atomic mass is 16.5. The summed E-state index contributed by atoms with van der Waals surface area (Å²) in [5.41, 5.74) is 1.65. The van der Waals surface area contributed by atoms with Crippen LogP contribution in [0.4, 0.5) is 0 Å². The van der Waals surface area contributed by atoms with Crippen molar-refractivity contribution >= 4 is 22.8 Å². The Morgan fingerprint density at radius 1 is 1.31 bits per heavy atom. The van der Waals surface area contributed by atoms with Gasteiger partial charge in [-0.05, 0) is 37.5 Å². The molecule has 2 rings (SSSR count). The zero-order valence-corrected chi connectivity index (χ0v) is 15.0. The molecule has 140 valence electrons. The van der Waals surface area contributed by atoms with Crippen LogP contribution in [0.3, 0.4) is 0 Å². The molecule has 1 amide bonds. The summed E-state index contributed by atoms with van der Waals surface area (Å²) in [6, 6.07) is 5.10. The van der Waals surface area contributed by atoms with E-state index >= 15 is 0 Å². The van der Waals surface area contributed by atoms with Crippen LogP contribution in [-0.2, 0) is 16.0 Å². The molecule has 0 atom stereocenters. The molecule has 0 unspecified atom stereocenters. The van der Waals surface area contributed by atoms with Crippen molar-refractivity contribution in [3.05, 3.63) is 39.7 Å². The molecule has 0 aliphatic heterocycles. The van der Waals surface area contributed by atoms with E-state index in [0.717, 1.165) is 30.2 Å². The van der Waals surface area contributed by atoms with Crippen molar-refractivity contribution < 1.29 is 23.8 Å². The molecule has 0 radical (unpaired) electrons. The van der Waals surface area contributed by atoms with Gasteiger partial charge < -0.3 is 19.6 Å². The SMILES string of the molecule is CCCCc1cc(=O)oc2c(C)c(OCC(=O)NCCC(=O)O)ccc12. The number of carboxylic acids is 1. The van der Waals surface area contributed by atoms with Gasteiger partial charge in [0.05, 0.1) is 6.42 Å². The van der Waals surface area contributed by atoms with E-state index in [1.54, 1.807) is 13.0 Å². The molecule has 0 aliphatic carbocycles. The molecule has 26 heavy (non-hydrogen) atoms. The first kappa shape index (κ1) is 19.5. The van der Waals surface area contributed by atoms with Gasteiger partial charge in [0.1, 0.15) is 11.3 Å². The summed E-state index contributed by atoms with van der Waals surface area (Å²) < 4.78 is 10.9. The maximum absolute atomic E-state index is 11.9. The second-order valence-electron chi connectivity index (χ2n) is 6.04. The van der Waals surface area contributed by atoms with Gasteiger partial charge in [0.2, 0.25) is 0 Å². The maximum atomic E-state index is 11.9. The molecule has 2 aromatic rings. The van der Waals surface area contributed by atoms with Crippen LogP contribution in [0.5, 0.6) is 5.75 Å². The number of fused-ring (bicyclic) bond motifs is 1. The van der Waals surface area contributed by atoms with Crippen molar-refractivity contribution in [3.8, 4) is 5.75 Å². The van der Waals surface area contributed by atoms with Crippen LogP contribution < -0.4 is 15.7 Å². The molecule has 0 fully saturated rings. The van der Waals surface area contributed by atoms with Crippen molar-refractivity contribution in [1.82, 2.24) is 5.32 Å². The van der Waals surface area contributed by atoms with Crippen LogP contribution in [0, 0.1) is 6.92 Å². The monoisotopic (exact) mass is 361 g/mol. The first-order valence-electron chi connectivity index (χ1n) is 8.60. The fourth-order valence-corrected chi connectivity index (χ4v) is 2.64. The van der Waals surface area contributed by atoms with Crippen molar-refractivity contribution in [2.45, 2.75) is 39.5 Å². The lowest BCUT2D eigenvalue weighted by molar-refractivity contribution is -0.137. The molecule has 0 bridgehead atoms. The summed E-state index contributed by atoms with van der Waals surface area (Å²) in [5, 5.41) is 11.9. The molecule has 2 N–H and O–H groups in total. The number of carboxylic acid groups (broad SMARTS) is 1. The zero-order valence-electron chi connectivity index (χ0n) is 15.0. The van der Waals surface area contributed by atoms with E-state index in [2.05, 4.69) is 12.2 Å². The van der Waals surface area contributed by atoms with Gasteiger partial charge in [0.15, 0.2) is 6.61 Å². The van der Waals surface area contributed by atoms with Crippen LogP contribution in [0.1, 0.15) is 37.3 Å². The van der Waals surface area contributed by atoms with E-state index in [9.17, 15) is 14.4 Å². The van der Waals surface area contributed by atoms with Gasteiger partial charge in [-0.3, -0.25) is 9.59 Å². The number of unbranched alkanes of at least 4 members (excludes halogenated alkanes) is 1. The molecule has 7 heteroatoms. The number of rotatable bonds is 9. The number of hydrogen-bond donors (Lipinski definition) is 2. The number of hydrogen-bond acceptors (Lipinski definition) is 5. The largest absolute Gasteiger partial charge is 0.483 e. The van der Waals surface area contributed by atoms with Gasteiger partial charge in [-0.2, -0.15) is 0 Å². The van der Waals surface area contributed by atoms with Gasteiger partial charge in [-0.15, -0.1) is 0 Å². The standard InChI is InChI=1S/C19H23NO6/c1-3-4-5-13-10-18(24)26-19-12(2)15(7-6-14(13)19)25-11-16(21)20-9-8-17(22)23/h6-7,10H,3-5,8-9,11H2,1-2H3,(H,20,21)(H,22,23). The molecule has 1 aromatic carbocycles. The van der Waals surface area contributed by atoms with E-state index in [1.807, 2.05) is 6.07 Å². The lowest BCUT2D eigenvalue weighted by atomic mass is 10.0. The van der Waals surface area contributed by atoms with E-state index in [0.29, 0.717) is 16.9 Å². The second-order valence-corrected chi connectivity index (χ2v) is 6.04. The summed E-state index contributed by atoms with van der Waals surface area (Å²) >= 11 is 0. The molecule has 1 aromatic heterocycles. The first-order valence-corrected chi connectivity index (χ1v) is 8.60. The Bertz CT molecular complexity index is 855. The highest BCUT2D eigenvalue weighted by Gasteiger charge is 2.13. The van der Waals surface area contributed by atoms with Gasteiger partial charge in [-0.1, -0.05) is 13.3 Å². The molecule has 0 saturated carbocycles. The molecular weight excluding hydrogens is 338 g/mol. The Balaban J connectivity index is 2.14. The van der Waals surface area contributed by atoms with Crippen LogP contribution in [0.25, 0.3) is 11.0 Å². The van der Waals surface area contributed by atoms with E-state index < -0.39 is 17.5 Å². The predicted octanol–water partition coefficient (Wildman–Crippen LogP) is 2.41. The number of nitrogens with one attached hydrogen (secondary N) is 1. The van der Waals surface area contributed by atoms with E-state index in [-0.39, 0.29) is 19.6 Å². The third kappa shape index (κ3) is 5.08. The predicted molar refractivity (Wildman–Crippen MR) is 96.6 cm³/mol. The Kier molecular flexibility index (Phi) is 6.77. The molecule has 0 aliphatic rings. The first-order chi connectivity index (χ1) is 12.4.